The highest BCUT2D eigenvalue weighted by atomic mass is 32.1. The lowest BCUT2D eigenvalue weighted by atomic mass is 10.1. The van der Waals surface area contributed by atoms with Gasteiger partial charge in [-0.25, -0.2) is 9.59 Å². The monoisotopic (exact) mass is 896 g/mol. The van der Waals surface area contributed by atoms with Crippen LogP contribution >= 0.6 is 37.9 Å². The Bertz CT molecular complexity index is 2210. The van der Waals surface area contributed by atoms with Gasteiger partial charge in [0.25, 0.3) is 0 Å². The Balaban J connectivity index is 0.000000228. The molecular formula is C44H50O12P2S2. The van der Waals surface area contributed by atoms with Crippen LogP contribution < -0.4 is 0 Å². The molecule has 0 spiro atoms. The van der Waals surface area contributed by atoms with Gasteiger partial charge in [0.15, 0.2) is 0 Å². The van der Waals surface area contributed by atoms with Crippen molar-refractivity contribution in [2.24, 2.45) is 0 Å². The summed E-state index contributed by atoms with van der Waals surface area (Å²) >= 11 is 2.66. The summed E-state index contributed by atoms with van der Waals surface area (Å²) in [5.74, 6) is -0.788. The molecule has 0 amide bonds. The molecule has 2 N–H and O–H groups in total. The van der Waals surface area contributed by atoms with E-state index in [9.17, 15) is 28.9 Å². The average molecular weight is 897 g/mol. The van der Waals surface area contributed by atoms with Gasteiger partial charge in [-0.3, -0.25) is 9.13 Å². The number of ether oxygens (including phenoxy) is 2. The lowest BCUT2D eigenvalue weighted by Gasteiger charge is -2.25. The summed E-state index contributed by atoms with van der Waals surface area (Å²) in [5.41, 5.74) is 1.52. The highest BCUT2D eigenvalue weighted by Gasteiger charge is 2.38. The third-order valence-electron chi connectivity index (χ3n) is 9.02. The zero-order chi connectivity index (χ0) is 43.1. The largest absolute Gasteiger partial charge is 0.457 e. The number of benzene rings is 4. The number of hydrogen-bond donors (Lipinski definition) is 2. The molecule has 60 heavy (non-hydrogen) atoms. The Morgan fingerprint density at radius 3 is 1.20 bits per heavy atom. The molecule has 2 aromatic heterocycles. The van der Waals surface area contributed by atoms with Crippen LogP contribution in [0.15, 0.2) is 109 Å². The van der Waals surface area contributed by atoms with E-state index in [0.29, 0.717) is 20.9 Å². The normalized spacial score (nSPS) is 12.8. The molecule has 6 rings (SSSR count). The zero-order valence-electron chi connectivity index (χ0n) is 33.9. The van der Waals surface area contributed by atoms with Crippen molar-refractivity contribution in [2.75, 3.05) is 39.6 Å². The van der Waals surface area contributed by atoms with Crippen LogP contribution in [-0.4, -0.2) is 61.8 Å². The predicted octanol–water partition coefficient (Wildman–Crippen LogP) is 11.1. The molecule has 16 heteroatoms. The van der Waals surface area contributed by atoms with Gasteiger partial charge in [0.05, 0.1) is 39.6 Å². The van der Waals surface area contributed by atoms with Gasteiger partial charge < -0.3 is 37.8 Å². The predicted molar refractivity (Wildman–Crippen MR) is 236 cm³/mol. The summed E-state index contributed by atoms with van der Waals surface area (Å²) < 4.78 is 60.5. The van der Waals surface area contributed by atoms with Crippen LogP contribution in [0.2, 0.25) is 0 Å². The lowest BCUT2D eigenvalue weighted by Crippen LogP contribution is -2.10. The third kappa shape index (κ3) is 12.1. The minimum Gasteiger partial charge on any atom is -0.457 e. The van der Waals surface area contributed by atoms with Crippen molar-refractivity contribution in [3.8, 4) is 0 Å². The number of fused-ring (bicyclic) bond motifs is 2. The molecule has 0 aliphatic heterocycles. The first-order valence-corrected chi connectivity index (χ1v) is 24.3. The van der Waals surface area contributed by atoms with Crippen molar-refractivity contribution in [3.63, 3.8) is 0 Å². The highest BCUT2D eigenvalue weighted by molar-refractivity contribution is 7.54. The van der Waals surface area contributed by atoms with Crippen LogP contribution in [-0.2, 0) is 49.9 Å². The quantitative estimate of drug-likeness (QED) is 0.0551. The van der Waals surface area contributed by atoms with Crippen LogP contribution in [0, 0.1) is 0 Å². The maximum Gasteiger partial charge on any atom is 0.348 e. The van der Waals surface area contributed by atoms with Crippen molar-refractivity contribution in [1.82, 2.24) is 0 Å². The fourth-order valence-corrected chi connectivity index (χ4v) is 11.9. The Kier molecular flexibility index (Phi) is 17.8. The SMILES string of the molecule is CCOP(=O)(OCC)C(CO)c1ccc2sc(C(=O)OCc3ccccc3)cc2c1.CCOP(=O)(OCC)C(CO)c1ccc2sc(C(=O)OCc3ccccc3)cc2c1. The summed E-state index contributed by atoms with van der Waals surface area (Å²) in [7, 11) is -7.05. The van der Waals surface area contributed by atoms with E-state index >= 15 is 0 Å². The molecule has 2 atom stereocenters. The minimum absolute atomic E-state index is 0.206. The summed E-state index contributed by atoms with van der Waals surface area (Å²) in [6, 6.07) is 33.3. The van der Waals surface area contributed by atoms with E-state index in [1.54, 1.807) is 52.0 Å². The van der Waals surface area contributed by atoms with Crippen molar-refractivity contribution in [2.45, 2.75) is 52.2 Å². The van der Waals surface area contributed by atoms with Gasteiger partial charge in [0.2, 0.25) is 0 Å². The zero-order valence-corrected chi connectivity index (χ0v) is 37.3. The van der Waals surface area contributed by atoms with E-state index < -0.39 is 38.4 Å². The van der Waals surface area contributed by atoms with E-state index in [1.807, 2.05) is 84.9 Å². The van der Waals surface area contributed by atoms with Crippen LogP contribution in [0.3, 0.4) is 0 Å². The van der Waals surface area contributed by atoms with Gasteiger partial charge in [0, 0.05) is 9.40 Å². The standard InChI is InChI=1S/2C22H25O6PS/c2*1-3-27-29(25,28-4-2)19(14-23)17-10-11-20-18(12-17)13-21(30-20)22(24)26-15-16-8-6-5-7-9-16/h2*5-13,19,23H,3-4,14-15H2,1-2H3. The molecule has 2 heterocycles. The highest BCUT2D eigenvalue weighted by Crippen LogP contribution is 2.62. The topological polar surface area (TPSA) is 164 Å². The van der Waals surface area contributed by atoms with Crippen LogP contribution in [0.5, 0.6) is 0 Å². The summed E-state index contributed by atoms with van der Waals surface area (Å²) in [4.78, 5) is 25.9. The Morgan fingerprint density at radius 1 is 0.533 bits per heavy atom. The molecule has 12 nitrogen and oxygen atoms in total. The number of thiophene rings is 2. The molecule has 0 aliphatic carbocycles. The van der Waals surface area contributed by atoms with E-state index in [0.717, 1.165) is 31.3 Å². The first-order valence-electron chi connectivity index (χ1n) is 19.5. The molecule has 2 unspecified atom stereocenters. The lowest BCUT2D eigenvalue weighted by molar-refractivity contribution is 0.0470. The van der Waals surface area contributed by atoms with Gasteiger partial charge in [-0.05, 0) is 97.1 Å². The van der Waals surface area contributed by atoms with Gasteiger partial charge in [-0.1, -0.05) is 72.8 Å². The molecule has 6 aromatic rings. The molecule has 0 saturated heterocycles. The molecule has 320 valence electrons. The molecular weight excluding hydrogens is 847 g/mol. The second-order valence-electron chi connectivity index (χ2n) is 13.1. The second-order valence-corrected chi connectivity index (χ2v) is 19.7. The molecule has 0 bridgehead atoms. The van der Waals surface area contributed by atoms with Gasteiger partial charge in [-0.2, -0.15) is 0 Å². The van der Waals surface area contributed by atoms with E-state index in [-0.39, 0.29) is 52.9 Å². The van der Waals surface area contributed by atoms with Crippen LogP contribution in [0.1, 0.15) is 80.6 Å². The maximum absolute atomic E-state index is 13.1. The summed E-state index contributed by atoms with van der Waals surface area (Å²) in [6.07, 6.45) is 0. The first-order chi connectivity index (χ1) is 29.0. The van der Waals surface area contributed by atoms with Gasteiger partial charge in [-0.15, -0.1) is 22.7 Å². The van der Waals surface area contributed by atoms with Crippen molar-refractivity contribution in [3.05, 3.63) is 141 Å². The number of aliphatic hydroxyl groups excluding tert-OH is 2. The number of carbonyl (C=O) groups is 2. The minimum atomic E-state index is -3.52. The molecule has 4 aromatic carbocycles. The molecule has 0 radical (unpaired) electrons. The van der Waals surface area contributed by atoms with Crippen molar-refractivity contribution >= 4 is 70.0 Å². The number of rotatable bonds is 20. The van der Waals surface area contributed by atoms with Crippen molar-refractivity contribution in [1.29, 1.82) is 0 Å². The van der Waals surface area contributed by atoms with E-state index in [1.165, 1.54) is 22.7 Å². The van der Waals surface area contributed by atoms with E-state index in [4.69, 9.17) is 27.6 Å². The van der Waals surface area contributed by atoms with E-state index in [2.05, 4.69) is 0 Å². The van der Waals surface area contributed by atoms with Crippen LogP contribution in [0.4, 0.5) is 0 Å². The average Bonchev–Trinajstić information content (AvgIpc) is 3.88. The number of carbonyl (C=O) groups excluding carboxylic acids is 2. The Labute approximate surface area is 358 Å². The fourth-order valence-electron chi connectivity index (χ4n) is 6.26. The van der Waals surface area contributed by atoms with Gasteiger partial charge in [0.1, 0.15) is 34.3 Å². The first kappa shape index (κ1) is 47.0. The number of esters is 2. The molecule has 0 aliphatic rings. The Morgan fingerprint density at radius 2 is 0.883 bits per heavy atom. The molecule has 0 fully saturated rings. The number of aliphatic hydroxyl groups is 2. The third-order valence-corrected chi connectivity index (χ3v) is 16.1. The number of hydrogen-bond acceptors (Lipinski definition) is 14. The summed E-state index contributed by atoms with van der Waals surface area (Å²) in [6.45, 7) is 7.44. The second kappa shape index (κ2) is 22.7. The fraction of sp³-hybridized carbons (Fsp3) is 0.318. The summed E-state index contributed by atoms with van der Waals surface area (Å²) in [5, 5.41) is 21.4. The maximum atomic E-state index is 13.1. The van der Waals surface area contributed by atoms with Gasteiger partial charge >= 0.3 is 27.1 Å². The molecule has 0 saturated carbocycles. The Hall–Kier alpha value is -4.04. The van der Waals surface area contributed by atoms with Crippen LogP contribution in [0.25, 0.3) is 20.2 Å². The van der Waals surface area contributed by atoms with Crippen molar-refractivity contribution < 1.29 is 56.5 Å². The smallest absolute Gasteiger partial charge is 0.348 e.